The van der Waals surface area contributed by atoms with Crippen LogP contribution in [0.25, 0.3) is 0 Å². The van der Waals surface area contributed by atoms with Gasteiger partial charge in [-0.2, -0.15) is 0 Å². The molecule has 1 heterocycles. The van der Waals surface area contributed by atoms with Gasteiger partial charge in [0.15, 0.2) is 5.54 Å². The highest BCUT2D eigenvalue weighted by Gasteiger charge is 2.66. The molecule has 1 saturated heterocycles. The summed E-state index contributed by atoms with van der Waals surface area (Å²) < 4.78 is 15.3. The Balaban J connectivity index is 2.08. The zero-order valence-corrected chi connectivity index (χ0v) is 11.1. The van der Waals surface area contributed by atoms with Crippen LogP contribution in [0.5, 0.6) is 0 Å². The van der Waals surface area contributed by atoms with E-state index in [1.807, 2.05) is 0 Å². The lowest BCUT2D eigenvalue weighted by Crippen LogP contribution is -2.58. The molecule has 0 aromatic heterocycles. The molecule has 0 spiro atoms. The van der Waals surface area contributed by atoms with E-state index in [9.17, 15) is 9.59 Å². The van der Waals surface area contributed by atoms with Crippen molar-refractivity contribution in [3.05, 3.63) is 0 Å². The quantitative estimate of drug-likeness (QED) is 0.589. The first-order chi connectivity index (χ1) is 8.28. The largest absolute Gasteiger partial charge is 0.467 e. The van der Waals surface area contributed by atoms with Crippen molar-refractivity contribution in [3.8, 4) is 0 Å². The molecule has 3 atom stereocenters. The molecule has 1 N–H and O–H groups in total. The van der Waals surface area contributed by atoms with Gasteiger partial charge >= 0.3 is 12.1 Å². The number of amides is 1. The number of esters is 1. The SMILES string of the molecule is COC(=O)C1(NC(=O)OC(C)(C)C)CCC2OC21. The normalized spacial score (nSPS) is 33.6. The lowest BCUT2D eigenvalue weighted by Gasteiger charge is -2.29. The van der Waals surface area contributed by atoms with E-state index in [4.69, 9.17) is 14.2 Å². The van der Waals surface area contributed by atoms with Gasteiger partial charge < -0.3 is 19.5 Å². The highest BCUT2D eigenvalue weighted by atomic mass is 16.6. The average Bonchev–Trinajstić information content (AvgIpc) is 2.94. The second kappa shape index (κ2) is 4.12. The van der Waals surface area contributed by atoms with Crippen molar-refractivity contribution in [1.82, 2.24) is 5.32 Å². The van der Waals surface area contributed by atoms with Crippen molar-refractivity contribution in [2.45, 2.75) is 57.0 Å². The maximum atomic E-state index is 11.9. The molecule has 3 unspecified atom stereocenters. The number of hydrogen-bond acceptors (Lipinski definition) is 5. The van der Waals surface area contributed by atoms with Crippen LogP contribution in [-0.2, 0) is 19.0 Å². The van der Waals surface area contributed by atoms with E-state index in [1.165, 1.54) is 7.11 Å². The van der Waals surface area contributed by atoms with Crippen LogP contribution in [0.2, 0.25) is 0 Å². The van der Waals surface area contributed by atoms with Crippen molar-refractivity contribution in [1.29, 1.82) is 0 Å². The Kier molecular flexibility index (Phi) is 3.01. The number of rotatable bonds is 2. The summed E-state index contributed by atoms with van der Waals surface area (Å²) in [5.41, 5.74) is -1.69. The fourth-order valence-electron chi connectivity index (χ4n) is 2.38. The van der Waals surface area contributed by atoms with Gasteiger partial charge in [-0.3, -0.25) is 0 Å². The van der Waals surface area contributed by atoms with Crippen LogP contribution in [0, 0.1) is 0 Å². The zero-order valence-electron chi connectivity index (χ0n) is 11.1. The van der Waals surface area contributed by atoms with Gasteiger partial charge in [-0.25, -0.2) is 9.59 Å². The van der Waals surface area contributed by atoms with Crippen molar-refractivity contribution in [2.24, 2.45) is 0 Å². The molecule has 1 amide bonds. The molecular weight excluding hydrogens is 238 g/mol. The minimum atomic E-state index is -1.08. The summed E-state index contributed by atoms with van der Waals surface area (Å²) in [4.78, 5) is 23.7. The number of carbonyl (C=O) groups excluding carboxylic acids is 2. The van der Waals surface area contributed by atoms with E-state index in [1.54, 1.807) is 20.8 Å². The number of epoxide rings is 1. The molecule has 102 valence electrons. The van der Waals surface area contributed by atoms with E-state index < -0.39 is 23.2 Å². The highest BCUT2D eigenvalue weighted by molar-refractivity contribution is 5.87. The number of hydrogen-bond donors (Lipinski definition) is 1. The number of carbonyl (C=O) groups is 2. The summed E-state index contributed by atoms with van der Waals surface area (Å²) in [6.45, 7) is 5.30. The van der Waals surface area contributed by atoms with Crippen LogP contribution in [0.4, 0.5) is 4.79 Å². The summed E-state index contributed by atoms with van der Waals surface area (Å²) in [6, 6.07) is 0. The Hall–Kier alpha value is -1.30. The second-order valence-corrected chi connectivity index (χ2v) is 5.72. The Labute approximate surface area is 106 Å². The first-order valence-corrected chi connectivity index (χ1v) is 6.03. The molecule has 6 heteroatoms. The first kappa shape index (κ1) is 13.1. The Morgan fingerprint density at radius 1 is 1.39 bits per heavy atom. The molecule has 0 bridgehead atoms. The predicted octanol–water partition coefficient (Wildman–Crippen LogP) is 0.984. The van der Waals surface area contributed by atoms with Gasteiger partial charge in [0.25, 0.3) is 0 Å². The van der Waals surface area contributed by atoms with Gasteiger partial charge in [-0.1, -0.05) is 0 Å². The smallest absolute Gasteiger partial charge is 0.408 e. The average molecular weight is 257 g/mol. The van der Waals surface area contributed by atoms with Gasteiger partial charge in [0, 0.05) is 0 Å². The summed E-state index contributed by atoms with van der Waals surface area (Å²) >= 11 is 0. The van der Waals surface area contributed by atoms with Crippen LogP contribution in [0.3, 0.4) is 0 Å². The first-order valence-electron chi connectivity index (χ1n) is 6.03. The maximum Gasteiger partial charge on any atom is 0.408 e. The lowest BCUT2D eigenvalue weighted by molar-refractivity contribution is -0.149. The van der Waals surface area contributed by atoms with Gasteiger partial charge in [-0.05, 0) is 33.6 Å². The maximum absolute atomic E-state index is 11.9. The van der Waals surface area contributed by atoms with Crippen LogP contribution in [0.1, 0.15) is 33.6 Å². The van der Waals surface area contributed by atoms with Crippen LogP contribution < -0.4 is 5.32 Å². The van der Waals surface area contributed by atoms with Gasteiger partial charge in [0.05, 0.1) is 13.2 Å². The zero-order chi connectivity index (χ0) is 13.6. The molecule has 0 aromatic carbocycles. The summed E-state index contributed by atoms with van der Waals surface area (Å²) in [7, 11) is 1.30. The monoisotopic (exact) mass is 257 g/mol. The summed E-state index contributed by atoms with van der Waals surface area (Å²) in [5.74, 6) is -0.474. The minimum absolute atomic E-state index is 0.0547. The van der Waals surface area contributed by atoms with E-state index in [0.29, 0.717) is 6.42 Å². The van der Waals surface area contributed by atoms with Gasteiger partial charge in [-0.15, -0.1) is 0 Å². The third-order valence-electron chi connectivity index (χ3n) is 3.17. The van der Waals surface area contributed by atoms with Crippen molar-refractivity contribution >= 4 is 12.1 Å². The lowest BCUT2D eigenvalue weighted by atomic mass is 9.97. The number of fused-ring (bicyclic) bond motifs is 1. The van der Waals surface area contributed by atoms with E-state index in [-0.39, 0.29) is 12.2 Å². The molecule has 0 aromatic rings. The van der Waals surface area contributed by atoms with Crippen molar-refractivity contribution < 1.29 is 23.8 Å². The van der Waals surface area contributed by atoms with Crippen LogP contribution in [0.15, 0.2) is 0 Å². The molecule has 6 nitrogen and oxygen atoms in total. The summed E-state index contributed by atoms with van der Waals surface area (Å²) in [5, 5.41) is 2.63. The van der Waals surface area contributed by atoms with E-state index in [0.717, 1.165) is 6.42 Å². The van der Waals surface area contributed by atoms with E-state index in [2.05, 4.69) is 5.32 Å². The minimum Gasteiger partial charge on any atom is -0.467 e. The highest BCUT2D eigenvalue weighted by Crippen LogP contribution is 2.46. The number of ether oxygens (including phenoxy) is 3. The molecule has 18 heavy (non-hydrogen) atoms. The molecule has 1 aliphatic carbocycles. The number of methoxy groups -OCH3 is 1. The van der Waals surface area contributed by atoms with Crippen LogP contribution in [-0.4, -0.2) is 42.5 Å². The van der Waals surface area contributed by atoms with E-state index >= 15 is 0 Å². The molecule has 2 rings (SSSR count). The molecule has 1 aliphatic heterocycles. The number of alkyl carbamates (subject to hydrolysis) is 1. The Morgan fingerprint density at radius 3 is 2.44 bits per heavy atom. The third kappa shape index (κ3) is 2.29. The Morgan fingerprint density at radius 2 is 2.06 bits per heavy atom. The third-order valence-corrected chi connectivity index (χ3v) is 3.17. The van der Waals surface area contributed by atoms with Gasteiger partial charge in [0.1, 0.15) is 11.7 Å². The van der Waals surface area contributed by atoms with Crippen molar-refractivity contribution in [3.63, 3.8) is 0 Å². The molecule has 1 saturated carbocycles. The molecular formula is C12H19NO5. The fourth-order valence-corrected chi connectivity index (χ4v) is 2.38. The molecule has 0 radical (unpaired) electrons. The Bertz CT molecular complexity index is 375. The van der Waals surface area contributed by atoms with Crippen molar-refractivity contribution in [2.75, 3.05) is 7.11 Å². The van der Waals surface area contributed by atoms with Gasteiger partial charge in [0.2, 0.25) is 0 Å². The molecule has 2 fully saturated rings. The van der Waals surface area contributed by atoms with Crippen LogP contribution >= 0.6 is 0 Å². The standard InChI is InChI=1S/C12H19NO5/c1-11(2,3)18-10(15)13-12(9(14)16-4)6-5-7-8(12)17-7/h7-8H,5-6H2,1-4H3,(H,13,15). The topological polar surface area (TPSA) is 77.2 Å². The summed E-state index contributed by atoms with van der Waals surface area (Å²) in [6.07, 6.45) is 0.421. The molecule has 2 aliphatic rings. The predicted molar refractivity (Wildman–Crippen MR) is 62.0 cm³/mol. The second-order valence-electron chi connectivity index (χ2n) is 5.72. The number of nitrogens with one attached hydrogen (secondary N) is 1. The fraction of sp³-hybridized carbons (Fsp3) is 0.833.